The normalized spacial score (nSPS) is 17.9. The van der Waals surface area contributed by atoms with Crippen molar-refractivity contribution in [2.45, 2.75) is 12.8 Å². The molecule has 0 saturated carbocycles. The fourth-order valence-electron chi connectivity index (χ4n) is 2.24. The van der Waals surface area contributed by atoms with E-state index in [0.717, 1.165) is 12.8 Å². The van der Waals surface area contributed by atoms with Gasteiger partial charge >= 0.3 is 5.97 Å². The maximum absolute atomic E-state index is 12.7. The summed E-state index contributed by atoms with van der Waals surface area (Å²) in [6.45, 7) is 1.31. The van der Waals surface area contributed by atoms with Crippen molar-refractivity contribution < 1.29 is 23.8 Å². The van der Waals surface area contributed by atoms with Crippen LogP contribution in [0.15, 0.2) is 24.3 Å². The van der Waals surface area contributed by atoms with E-state index < -0.39 is 11.9 Å². The molecule has 1 unspecified atom stereocenters. The minimum Gasteiger partial charge on any atom is -0.493 e. The number of carbonyl (C=O) groups is 1. The van der Waals surface area contributed by atoms with Crippen molar-refractivity contribution in [2.75, 3.05) is 19.8 Å². The van der Waals surface area contributed by atoms with Crippen LogP contribution in [-0.4, -0.2) is 30.9 Å². The van der Waals surface area contributed by atoms with Gasteiger partial charge in [-0.3, -0.25) is 4.79 Å². The summed E-state index contributed by atoms with van der Waals surface area (Å²) in [4.78, 5) is 11.3. The first-order valence-corrected chi connectivity index (χ1v) is 6.35. The predicted octanol–water partition coefficient (Wildman–Crippen LogP) is 2.33. The van der Waals surface area contributed by atoms with Gasteiger partial charge in [0.1, 0.15) is 18.2 Å². The third kappa shape index (κ3) is 3.92. The molecule has 1 fully saturated rings. The van der Waals surface area contributed by atoms with Gasteiger partial charge in [-0.25, -0.2) is 4.39 Å². The van der Waals surface area contributed by atoms with E-state index in [-0.39, 0.29) is 18.3 Å². The monoisotopic (exact) mass is 268 g/mol. The van der Waals surface area contributed by atoms with Gasteiger partial charge in [-0.2, -0.15) is 0 Å². The van der Waals surface area contributed by atoms with Crippen LogP contribution in [0.25, 0.3) is 0 Å². The van der Waals surface area contributed by atoms with Gasteiger partial charge in [0.2, 0.25) is 0 Å². The zero-order chi connectivity index (χ0) is 13.7. The largest absolute Gasteiger partial charge is 0.493 e. The Morgan fingerprint density at radius 3 is 2.58 bits per heavy atom. The number of aliphatic carboxylic acids is 1. The Balaban J connectivity index is 1.93. The second-order valence-corrected chi connectivity index (χ2v) is 4.66. The highest BCUT2D eigenvalue weighted by molar-refractivity contribution is 5.70. The molecule has 104 valence electrons. The Kier molecular flexibility index (Phi) is 4.74. The Morgan fingerprint density at radius 2 is 2.00 bits per heavy atom. The topological polar surface area (TPSA) is 55.8 Å². The quantitative estimate of drug-likeness (QED) is 0.890. The summed E-state index contributed by atoms with van der Waals surface area (Å²) in [5.41, 5.74) is 0. The van der Waals surface area contributed by atoms with E-state index in [4.69, 9.17) is 9.47 Å². The van der Waals surface area contributed by atoms with Crippen molar-refractivity contribution in [3.63, 3.8) is 0 Å². The molecule has 0 spiro atoms. The van der Waals surface area contributed by atoms with E-state index in [1.807, 2.05) is 0 Å². The minimum atomic E-state index is -0.853. The lowest BCUT2D eigenvalue weighted by Gasteiger charge is -2.27. The van der Waals surface area contributed by atoms with E-state index in [1.54, 1.807) is 0 Å². The lowest BCUT2D eigenvalue weighted by Crippen LogP contribution is -2.33. The summed E-state index contributed by atoms with van der Waals surface area (Å²) in [5, 5.41) is 9.27. The first-order valence-electron chi connectivity index (χ1n) is 6.35. The maximum Gasteiger partial charge on any atom is 0.310 e. The van der Waals surface area contributed by atoms with Gasteiger partial charge < -0.3 is 14.6 Å². The molecule has 0 radical (unpaired) electrons. The average Bonchev–Trinajstić information content (AvgIpc) is 2.42. The van der Waals surface area contributed by atoms with E-state index in [1.165, 1.54) is 24.3 Å². The molecule has 1 atom stereocenters. The number of hydrogen-bond donors (Lipinski definition) is 1. The van der Waals surface area contributed by atoms with Crippen LogP contribution in [-0.2, 0) is 9.53 Å². The van der Waals surface area contributed by atoms with Crippen LogP contribution in [0.3, 0.4) is 0 Å². The molecule has 4 nitrogen and oxygen atoms in total. The van der Waals surface area contributed by atoms with Crippen molar-refractivity contribution in [3.05, 3.63) is 30.1 Å². The lowest BCUT2D eigenvalue weighted by atomic mass is 9.86. The van der Waals surface area contributed by atoms with Gasteiger partial charge in [-0.15, -0.1) is 0 Å². The smallest absolute Gasteiger partial charge is 0.310 e. The molecular formula is C14H17FO4. The number of hydrogen-bond acceptors (Lipinski definition) is 3. The zero-order valence-electron chi connectivity index (χ0n) is 10.5. The van der Waals surface area contributed by atoms with Crippen LogP contribution in [0.4, 0.5) is 4.39 Å². The molecule has 1 aromatic rings. The third-order valence-corrected chi connectivity index (χ3v) is 3.40. The molecular weight excluding hydrogens is 251 g/mol. The number of halogens is 1. The molecule has 1 heterocycles. The summed E-state index contributed by atoms with van der Waals surface area (Å²) < 4.78 is 23.4. The molecule has 1 aliphatic heterocycles. The maximum atomic E-state index is 12.7. The van der Waals surface area contributed by atoms with Gasteiger partial charge in [-0.05, 0) is 43.0 Å². The molecule has 0 bridgehead atoms. The van der Waals surface area contributed by atoms with Crippen LogP contribution in [0, 0.1) is 17.7 Å². The van der Waals surface area contributed by atoms with Gasteiger partial charge in [0.15, 0.2) is 0 Å². The number of ether oxygens (including phenoxy) is 2. The Labute approximate surface area is 111 Å². The molecule has 19 heavy (non-hydrogen) atoms. The first-order chi connectivity index (χ1) is 9.16. The summed E-state index contributed by atoms with van der Waals surface area (Å²) in [7, 11) is 0. The SMILES string of the molecule is O=C(O)C(COc1ccc(F)cc1)C1CCOCC1. The van der Waals surface area contributed by atoms with E-state index >= 15 is 0 Å². The summed E-state index contributed by atoms with van der Waals surface area (Å²) in [6, 6.07) is 5.58. The zero-order valence-corrected chi connectivity index (χ0v) is 10.5. The highest BCUT2D eigenvalue weighted by Crippen LogP contribution is 2.25. The Bertz CT molecular complexity index is 412. The molecule has 2 rings (SSSR count). The van der Waals surface area contributed by atoms with Crippen molar-refractivity contribution in [1.82, 2.24) is 0 Å². The van der Waals surface area contributed by atoms with Crippen molar-refractivity contribution in [1.29, 1.82) is 0 Å². The molecule has 0 amide bonds. The minimum absolute atomic E-state index is 0.0756. The molecule has 1 N–H and O–H groups in total. The lowest BCUT2D eigenvalue weighted by molar-refractivity contribution is -0.146. The van der Waals surface area contributed by atoms with E-state index in [2.05, 4.69) is 0 Å². The van der Waals surface area contributed by atoms with Crippen LogP contribution in [0.1, 0.15) is 12.8 Å². The number of carboxylic acids is 1. The summed E-state index contributed by atoms with van der Waals surface area (Å²) in [5.74, 6) is -1.18. The number of benzene rings is 1. The standard InChI is InChI=1S/C14H17FO4/c15-11-1-3-12(4-2-11)19-9-13(14(16)17)10-5-7-18-8-6-10/h1-4,10,13H,5-9H2,(H,16,17). The molecule has 0 aliphatic carbocycles. The third-order valence-electron chi connectivity index (χ3n) is 3.40. The molecule has 1 aromatic carbocycles. The fourth-order valence-corrected chi connectivity index (χ4v) is 2.24. The molecule has 5 heteroatoms. The highest BCUT2D eigenvalue weighted by Gasteiger charge is 2.30. The Hall–Kier alpha value is -1.62. The van der Waals surface area contributed by atoms with Crippen LogP contribution in [0.2, 0.25) is 0 Å². The van der Waals surface area contributed by atoms with Gasteiger partial charge in [0, 0.05) is 13.2 Å². The van der Waals surface area contributed by atoms with Crippen molar-refractivity contribution in [3.8, 4) is 5.75 Å². The van der Waals surface area contributed by atoms with E-state index in [9.17, 15) is 14.3 Å². The molecule has 1 aliphatic rings. The first kappa shape index (κ1) is 13.8. The fraction of sp³-hybridized carbons (Fsp3) is 0.500. The van der Waals surface area contributed by atoms with E-state index in [0.29, 0.717) is 19.0 Å². The summed E-state index contributed by atoms with van der Waals surface area (Å²) in [6.07, 6.45) is 1.48. The second-order valence-electron chi connectivity index (χ2n) is 4.66. The highest BCUT2D eigenvalue weighted by atomic mass is 19.1. The molecule has 0 aromatic heterocycles. The van der Waals surface area contributed by atoms with Gasteiger partial charge in [-0.1, -0.05) is 0 Å². The van der Waals surface area contributed by atoms with Crippen molar-refractivity contribution >= 4 is 5.97 Å². The Morgan fingerprint density at radius 1 is 1.37 bits per heavy atom. The average molecular weight is 268 g/mol. The van der Waals surface area contributed by atoms with Crippen LogP contribution in [0.5, 0.6) is 5.75 Å². The number of carboxylic acid groups (broad SMARTS) is 1. The molecule has 1 saturated heterocycles. The van der Waals surface area contributed by atoms with Crippen LogP contribution >= 0.6 is 0 Å². The van der Waals surface area contributed by atoms with Crippen molar-refractivity contribution in [2.24, 2.45) is 11.8 Å². The predicted molar refractivity (Wildman–Crippen MR) is 66.6 cm³/mol. The van der Waals surface area contributed by atoms with Crippen LogP contribution < -0.4 is 4.74 Å². The van der Waals surface area contributed by atoms with Gasteiger partial charge in [0.05, 0.1) is 5.92 Å². The van der Waals surface area contributed by atoms with Gasteiger partial charge in [0.25, 0.3) is 0 Å². The summed E-state index contributed by atoms with van der Waals surface area (Å²) >= 11 is 0. The second kappa shape index (κ2) is 6.52. The number of rotatable bonds is 5.